The summed E-state index contributed by atoms with van der Waals surface area (Å²) in [5, 5.41) is 22.9. The number of aromatic nitrogens is 2. The van der Waals surface area contributed by atoms with Gasteiger partial charge in [-0.2, -0.15) is 23.5 Å². The van der Waals surface area contributed by atoms with E-state index in [-0.39, 0.29) is 12.2 Å². The molecule has 0 saturated carbocycles. The third kappa shape index (κ3) is 2.90. The fourth-order valence-corrected chi connectivity index (χ4v) is 1.96. The van der Waals surface area contributed by atoms with Gasteiger partial charge in [-0.3, -0.25) is 14.8 Å². The summed E-state index contributed by atoms with van der Waals surface area (Å²) in [7, 11) is 0. The Morgan fingerprint density at radius 1 is 1.36 bits per heavy atom. The molecule has 2 rings (SSSR count). The lowest BCUT2D eigenvalue weighted by atomic mass is 10.1. The molecule has 22 heavy (non-hydrogen) atoms. The molecule has 1 heterocycles. The molecule has 0 aliphatic rings. The van der Waals surface area contributed by atoms with Crippen LogP contribution in [-0.2, 0) is 12.7 Å². The second-order valence-corrected chi connectivity index (χ2v) is 4.50. The van der Waals surface area contributed by atoms with Crippen LogP contribution >= 0.6 is 0 Å². The first-order chi connectivity index (χ1) is 10.2. The number of rotatable bonds is 3. The van der Waals surface area contributed by atoms with E-state index in [1.807, 2.05) is 6.07 Å². The van der Waals surface area contributed by atoms with Crippen molar-refractivity contribution in [1.82, 2.24) is 9.78 Å². The quantitative estimate of drug-likeness (QED) is 0.644. The molecule has 0 aliphatic carbocycles. The van der Waals surface area contributed by atoms with Gasteiger partial charge in [0, 0.05) is 0 Å². The molecule has 0 unspecified atom stereocenters. The van der Waals surface area contributed by atoms with Crippen molar-refractivity contribution in [2.75, 3.05) is 0 Å². The number of hydrogen-bond donors (Lipinski definition) is 0. The summed E-state index contributed by atoms with van der Waals surface area (Å²) in [6.07, 6.45) is -4.90. The highest BCUT2D eigenvalue weighted by Crippen LogP contribution is 2.37. The monoisotopic (exact) mass is 310 g/mol. The normalized spacial score (nSPS) is 11.2. The smallest absolute Gasteiger partial charge is 0.258 e. The highest BCUT2D eigenvalue weighted by atomic mass is 19.4. The van der Waals surface area contributed by atoms with Gasteiger partial charge >= 0.3 is 11.9 Å². The number of halogens is 3. The second kappa shape index (κ2) is 5.48. The molecule has 0 aliphatic heterocycles. The standard InChI is InChI=1S/C13H9F3N4O2/c1-8-11(20(21)22)12(13(14,15)16)18-19(8)7-10-4-2-9(6-17)3-5-10/h2-5H,7H2,1H3. The SMILES string of the molecule is Cc1c([N+](=O)[O-])c(C(F)(F)F)nn1Cc1ccc(C#N)cc1. The van der Waals surface area contributed by atoms with Crippen LogP contribution in [0.3, 0.4) is 0 Å². The van der Waals surface area contributed by atoms with Crippen LogP contribution in [0.4, 0.5) is 18.9 Å². The number of nitriles is 1. The molecule has 0 bridgehead atoms. The minimum atomic E-state index is -4.90. The van der Waals surface area contributed by atoms with Gasteiger partial charge in [-0.1, -0.05) is 12.1 Å². The number of benzene rings is 1. The van der Waals surface area contributed by atoms with Crippen molar-refractivity contribution < 1.29 is 18.1 Å². The van der Waals surface area contributed by atoms with Crippen LogP contribution in [0, 0.1) is 28.4 Å². The van der Waals surface area contributed by atoms with Crippen LogP contribution in [0.5, 0.6) is 0 Å². The summed E-state index contributed by atoms with van der Waals surface area (Å²) in [4.78, 5) is 9.77. The third-order valence-corrected chi connectivity index (χ3v) is 3.04. The minimum absolute atomic E-state index is 0.0610. The lowest BCUT2D eigenvalue weighted by Crippen LogP contribution is -2.10. The van der Waals surface area contributed by atoms with Gasteiger partial charge in [-0.15, -0.1) is 0 Å². The summed E-state index contributed by atoms with van der Waals surface area (Å²) < 4.78 is 39.4. The van der Waals surface area contributed by atoms with Crippen molar-refractivity contribution >= 4 is 5.69 Å². The fourth-order valence-electron chi connectivity index (χ4n) is 1.96. The van der Waals surface area contributed by atoms with E-state index < -0.39 is 22.5 Å². The third-order valence-electron chi connectivity index (χ3n) is 3.04. The summed E-state index contributed by atoms with van der Waals surface area (Å²) in [5.74, 6) is 0. The fraction of sp³-hybridized carbons (Fsp3) is 0.231. The van der Waals surface area contributed by atoms with E-state index in [4.69, 9.17) is 5.26 Å². The van der Waals surface area contributed by atoms with Gasteiger partial charge < -0.3 is 0 Å². The molecule has 1 aromatic carbocycles. The van der Waals surface area contributed by atoms with Gasteiger partial charge in [-0.25, -0.2) is 0 Å². The van der Waals surface area contributed by atoms with Crippen molar-refractivity contribution in [3.05, 3.63) is 56.9 Å². The zero-order chi connectivity index (χ0) is 16.5. The maximum Gasteiger partial charge on any atom is 0.442 e. The Hall–Kier alpha value is -2.89. The Labute approximate surface area is 122 Å². The molecule has 2 aromatic rings. The predicted octanol–water partition coefficient (Wildman–Crippen LogP) is 3.04. The van der Waals surface area contributed by atoms with E-state index in [9.17, 15) is 23.3 Å². The lowest BCUT2D eigenvalue weighted by molar-refractivity contribution is -0.388. The van der Waals surface area contributed by atoms with Gasteiger partial charge in [0.1, 0.15) is 5.69 Å². The maximum absolute atomic E-state index is 12.8. The van der Waals surface area contributed by atoms with Gasteiger partial charge in [0.05, 0.1) is 23.1 Å². The molecule has 0 amide bonds. The zero-order valence-corrected chi connectivity index (χ0v) is 11.3. The number of alkyl halides is 3. The Morgan fingerprint density at radius 3 is 2.36 bits per heavy atom. The summed E-state index contributed by atoms with van der Waals surface area (Å²) >= 11 is 0. The minimum Gasteiger partial charge on any atom is -0.258 e. The van der Waals surface area contributed by atoms with Crippen LogP contribution in [0.15, 0.2) is 24.3 Å². The van der Waals surface area contributed by atoms with Crippen molar-refractivity contribution in [2.45, 2.75) is 19.6 Å². The van der Waals surface area contributed by atoms with E-state index in [0.717, 1.165) is 4.68 Å². The predicted molar refractivity (Wildman–Crippen MR) is 68.9 cm³/mol. The second-order valence-electron chi connectivity index (χ2n) is 4.50. The van der Waals surface area contributed by atoms with Gasteiger partial charge in [-0.05, 0) is 24.6 Å². The Balaban J connectivity index is 2.43. The van der Waals surface area contributed by atoms with Gasteiger partial charge in [0.25, 0.3) is 0 Å². The summed E-state index contributed by atoms with van der Waals surface area (Å²) in [5.41, 5.74) is -1.75. The zero-order valence-electron chi connectivity index (χ0n) is 11.3. The van der Waals surface area contributed by atoms with E-state index >= 15 is 0 Å². The first-order valence-corrected chi connectivity index (χ1v) is 6.02. The van der Waals surface area contributed by atoms with Crippen molar-refractivity contribution in [2.24, 2.45) is 0 Å². The van der Waals surface area contributed by atoms with Crippen LogP contribution in [0.25, 0.3) is 0 Å². The molecule has 0 spiro atoms. The molecular weight excluding hydrogens is 301 g/mol. The molecule has 0 radical (unpaired) electrons. The van der Waals surface area contributed by atoms with E-state index in [1.165, 1.54) is 19.1 Å². The number of hydrogen-bond acceptors (Lipinski definition) is 4. The first-order valence-electron chi connectivity index (χ1n) is 6.02. The molecule has 114 valence electrons. The van der Waals surface area contributed by atoms with Crippen LogP contribution in [0.1, 0.15) is 22.5 Å². The van der Waals surface area contributed by atoms with E-state index in [2.05, 4.69) is 5.10 Å². The Kier molecular flexibility index (Phi) is 3.86. The first kappa shape index (κ1) is 15.5. The number of nitro groups is 1. The largest absolute Gasteiger partial charge is 0.442 e. The van der Waals surface area contributed by atoms with Crippen LogP contribution < -0.4 is 0 Å². The van der Waals surface area contributed by atoms with Crippen molar-refractivity contribution in [3.8, 4) is 6.07 Å². The average molecular weight is 310 g/mol. The molecule has 0 fully saturated rings. The molecule has 9 heteroatoms. The van der Waals surface area contributed by atoms with E-state index in [0.29, 0.717) is 11.1 Å². The molecule has 0 atom stereocenters. The summed E-state index contributed by atoms with van der Waals surface area (Å²) in [6.45, 7) is 1.15. The molecule has 6 nitrogen and oxygen atoms in total. The lowest BCUT2D eigenvalue weighted by Gasteiger charge is -2.04. The maximum atomic E-state index is 12.8. The van der Waals surface area contributed by atoms with Crippen molar-refractivity contribution in [3.63, 3.8) is 0 Å². The van der Waals surface area contributed by atoms with Crippen LogP contribution in [0.2, 0.25) is 0 Å². The molecular formula is C13H9F3N4O2. The van der Waals surface area contributed by atoms with Gasteiger partial charge in [0.2, 0.25) is 5.69 Å². The number of nitrogens with zero attached hydrogens (tertiary/aromatic N) is 4. The summed E-state index contributed by atoms with van der Waals surface area (Å²) in [6, 6.07) is 8.04. The highest BCUT2D eigenvalue weighted by molar-refractivity contribution is 5.42. The molecule has 0 saturated heterocycles. The Bertz CT molecular complexity index is 757. The topological polar surface area (TPSA) is 84.8 Å². The van der Waals surface area contributed by atoms with Gasteiger partial charge in [0.15, 0.2) is 0 Å². The highest BCUT2D eigenvalue weighted by Gasteiger charge is 2.44. The van der Waals surface area contributed by atoms with E-state index in [1.54, 1.807) is 12.1 Å². The molecule has 1 aromatic heterocycles. The average Bonchev–Trinajstić information content (AvgIpc) is 2.77. The van der Waals surface area contributed by atoms with Crippen molar-refractivity contribution in [1.29, 1.82) is 5.26 Å². The van der Waals surface area contributed by atoms with Crippen LogP contribution in [-0.4, -0.2) is 14.7 Å². The molecule has 0 N–H and O–H groups in total. The Morgan fingerprint density at radius 2 is 1.95 bits per heavy atom.